The number of carbonyl (C=O) groups is 2. The number of rotatable bonds is 22. The van der Waals surface area contributed by atoms with Crippen molar-refractivity contribution in [2.75, 3.05) is 78.9 Å². The van der Waals surface area contributed by atoms with Crippen LogP contribution in [0.3, 0.4) is 0 Å². The van der Waals surface area contributed by atoms with Crippen LogP contribution in [0.1, 0.15) is 54.4 Å². The lowest BCUT2D eigenvalue weighted by molar-refractivity contribution is -0.791. The highest BCUT2D eigenvalue weighted by molar-refractivity contribution is 6.61. The normalized spacial score (nSPS) is 17.8. The average Bonchev–Trinajstić information content (AvgIpc) is 3.69. The van der Waals surface area contributed by atoms with Crippen LogP contribution < -0.4 is 20.0 Å². The predicted octanol–water partition coefficient (Wildman–Crippen LogP) is -2.25. The predicted molar refractivity (Wildman–Crippen MR) is 167 cm³/mol. The summed E-state index contributed by atoms with van der Waals surface area (Å²) in [4.78, 5) is 30.2. The minimum Gasteiger partial charge on any atom is -0.545 e. The first-order chi connectivity index (χ1) is 21.1. The van der Waals surface area contributed by atoms with Gasteiger partial charge < -0.3 is 46.4 Å². The highest BCUT2D eigenvalue weighted by Gasteiger charge is 2.41. The quantitative estimate of drug-likeness (QED) is 0.0953. The van der Waals surface area contributed by atoms with Crippen LogP contribution in [-0.4, -0.2) is 121 Å². The summed E-state index contributed by atoms with van der Waals surface area (Å²) < 4.78 is 35.0. The van der Waals surface area contributed by atoms with Crippen LogP contribution in [0.5, 0.6) is 0 Å². The van der Waals surface area contributed by atoms with Gasteiger partial charge in [-0.05, 0) is 53.7 Å². The molecular weight excluding hydrogens is 608 g/mol. The van der Waals surface area contributed by atoms with E-state index in [-0.39, 0.29) is 0 Å². The molecule has 0 spiro atoms. The van der Waals surface area contributed by atoms with Gasteiger partial charge in [0.05, 0.1) is 38.1 Å². The van der Waals surface area contributed by atoms with Gasteiger partial charge in [0.15, 0.2) is 12.7 Å². The molecule has 2 unspecified atom stereocenters. The molecule has 256 valence electrons. The number of carboxylic acids is 2. The van der Waals surface area contributed by atoms with Gasteiger partial charge in [-0.3, -0.25) is 9.80 Å². The Morgan fingerprint density at radius 1 is 0.636 bits per heavy atom. The summed E-state index contributed by atoms with van der Waals surface area (Å²) >= 11 is 0. The van der Waals surface area contributed by atoms with Crippen molar-refractivity contribution in [3.8, 4) is 0 Å². The van der Waals surface area contributed by atoms with Gasteiger partial charge in [-0.1, -0.05) is 0 Å². The summed E-state index contributed by atoms with van der Waals surface area (Å²) in [6.45, 7) is 22.3. The largest absolute Gasteiger partial charge is 0.545 e. The molecular formula is C28H56N4O10Si2. The molecule has 0 bridgehead atoms. The lowest BCUT2D eigenvalue weighted by atomic mass is 10.4. The summed E-state index contributed by atoms with van der Waals surface area (Å²) in [5, 5.41) is 18.8. The van der Waals surface area contributed by atoms with E-state index in [1.54, 1.807) is 0 Å². The Bertz CT molecular complexity index is 751. The first-order valence-electron chi connectivity index (χ1n) is 15.8. The summed E-state index contributed by atoms with van der Waals surface area (Å²) in [7, 11) is -4.85. The Hall–Kier alpha value is -1.87. The minimum atomic E-state index is -2.43. The average molecular weight is 665 g/mol. The molecule has 14 nitrogen and oxygen atoms in total. The minimum absolute atomic E-state index is 0.384. The van der Waals surface area contributed by atoms with Crippen molar-refractivity contribution in [1.29, 1.82) is 0 Å². The van der Waals surface area contributed by atoms with E-state index in [0.29, 0.717) is 51.8 Å². The van der Waals surface area contributed by atoms with Gasteiger partial charge in [0.2, 0.25) is 0 Å². The molecule has 0 aliphatic carbocycles. The third kappa shape index (κ3) is 20.2. The van der Waals surface area contributed by atoms with Gasteiger partial charge in [0, 0.05) is 64.6 Å². The van der Waals surface area contributed by atoms with Gasteiger partial charge in [0.25, 0.3) is 0 Å². The highest BCUT2D eigenvalue weighted by atomic mass is 28.4. The molecule has 0 aromatic carbocycles. The number of aliphatic imine (C=N–C) groups is 2. The van der Waals surface area contributed by atoms with Crippen molar-refractivity contribution in [3.05, 3.63) is 12.2 Å². The summed E-state index contributed by atoms with van der Waals surface area (Å²) in [5.41, 5.74) is 0. The molecule has 2 aliphatic heterocycles. The molecule has 0 aromatic rings. The van der Waals surface area contributed by atoms with Gasteiger partial charge in [-0.15, -0.1) is 0 Å². The van der Waals surface area contributed by atoms with Crippen molar-refractivity contribution in [3.63, 3.8) is 0 Å². The third-order valence-electron chi connectivity index (χ3n) is 6.17. The van der Waals surface area contributed by atoms with Gasteiger partial charge in [-0.25, -0.2) is 9.98 Å². The van der Waals surface area contributed by atoms with Crippen molar-refractivity contribution in [2.24, 2.45) is 9.98 Å². The number of carboxylic acid groups (broad SMARTS) is 2. The molecule has 16 heteroatoms. The topological polar surface area (TPSA) is 169 Å². The van der Waals surface area contributed by atoms with Crippen LogP contribution in [0.4, 0.5) is 0 Å². The zero-order chi connectivity index (χ0) is 33.1. The van der Waals surface area contributed by atoms with E-state index in [4.69, 9.17) is 26.6 Å². The number of hydrogen-bond acceptors (Lipinski definition) is 12. The molecule has 2 atom stereocenters. The van der Waals surface area contributed by atoms with Gasteiger partial charge in [-0.2, -0.15) is 0 Å². The zero-order valence-electron chi connectivity index (χ0n) is 27.6. The van der Waals surface area contributed by atoms with Crippen molar-refractivity contribution in [1.82, 2.24) is 0 Å². The van der Waals surface area contributed by atoms with E-state index in [1.165, 1.54) is 9.80 Å². The fourth-order valence-corrected chi connectivity index (χ4v) is 9.74. The molecule has 2 N–H and O–H groups in total. The molecule has 0 saturated carbocycles. The molecule has 0 amide bonds. The lowest BCUT2D eigenvalue weighted by Crippen LogP contribution is -3.10. The molecule has 0 radical (unpaired) electrons. The summed E-state index contributed by atoms with van der Waals surface area (Å²) in [6, 6.07) is 1.81. The van der Waals surface area contributed by atoms with Crippen LogP contribution >= 0.6 is 0 Å². The molecule has 0 saturated heterocycles. The third-order valence-corrected chi connectivity index (χ3v) is 12.5. The SMILES string of the molecule is CCO[Si](CCC[NH+]1C=NCC1)(OCC)OCC.CCO[Si](CCC[NH+]1C=NCC1)(OCC)OCC.O=C([O-])/C=C\C(=O)[O-]. The van der Waals surface area contributed by atoms with E-state index in [1.807, 2.05) is 54.2 Å². The number of carbonyl (C=O) groups excluding carboxylic acids is 2. The first kappa shape index (κ1) is 42.1. The fourth-order valence-electron chi connectivity index (χ4n) is 4.51. The van der Waals surface area contributed by atoms with E-state index in [9.17, 15) is 19.8 Å². The number of quaternary nitrogens is 2. The van der Waals surface area contributed by atoms with Crippen LogP contribution in [-0.2, 0) is 36.1 Å². The molecule has 0 fully saturated rings. The summed E-state index contributed by atoms with van der Waals surface area (Å²) in [5.74, 6) is -3.09. The van der Waals surface area contributed by atoms with Crippen LogP contribution in [0.15, 0.2) is 22.1 Å². The standard InChI is InChI=1S/2C12H26N2O3Si.C4H4O4/c2*1-4-15-18(16-5-2,17-6-3)11-7-9-14-10-8-13-12-14;5-3(6)1-2-4(7)8/h2*12H,4-11H2,1-3H3;1-2H,(H,5,6)(H,7,8)/b;;2-1-. The maximum atomic E-state index is 9.41. The van der Waals surface area contributed by atoms with Gasteiger partial charge >= 0.3 is 17.6 Å². The fraction of sp³-hybridized carbons (Fsp3) is 0.786. The van der Waals surface area contributed by atoms with Gasteiger partial charge in [0.1, 0.15) is 13.1 Å². The Morgan fingerprint density at radius 2 is 0.932 bits per heavy atom. The van der Waals surface area contributed by atoms with Crippen molar-refractivity contribution >= 4 is 42.2 Å². The van der Waals surface area contributed by atoms with Crippen molar-refractivity contribution < 1.29 is 56.2 Å². The van der Waals surface area contributed by atoms with Crippen LogP contribution in [0.2, 0.25) is 12.1 Å². The number of aliphatic carboxylic acids is 2. The zero-order valence-corrected chi connectivity index (χ0v) is 29.6. The van der Waals surface area contributed by atoms with E-state index >= 15 is 0 Å². The molecule has 0 aromatic heterocycles. The second-order valence-electron chi connectivity index (χ2n) is 9.53. The van der Waals surface area contributed by atoms with E-state index < -0.39 is 29.5 Å². The molecule has 44 heavy (non-hydrogen) atoms. The first-order valence-corrected chi connectivity index (χ1v) is 19.6. The Labute approximate surface area is 265 Å². The van der Waals surface area contributed by atoms with Crippen molar-refractivity contribution in [2.45, 2.75) is 66.5 Å². The second-order valence-corrected chi connectivity index (χ2v) is 15.0. The Balaban J connectivity index is 0.000000679. The Kier molecular flexibility index (Phi) is 25.2. The maximum Gasteiger partial charge on any atom is 0.501 e. The monoisotopic (exact) mass is 664 g/mol. The summed E-state index contributed by atoms with van der Waals surface area (Å²) in [6.07, 6.45) is 6.93. The number of hydrogen-bond donors (Lipinski definition) is 2. The Morgan fingerprint density at radius 3 is 1.14 bits per heavy atom. The van der Waals surface area contributed by atoms with Crippen LogP contribution in [0.25, 0.3) is 0 Å². The second kappa shape index (κ2) is 26.4. The van der Waals surface area contributed by atoms with Crippen LogP contribution in [0, 0.1) is 0 Å². The van der Waals surface area contributed by atoms with E-state index in [0.717, 1.165) is 64.2 Å². The van der Waals surface area contributed by atoms with E-state index in [2.05, 4.69) is 9.98 Å². The highest BCUT2D eigenvalue weighted by Crippen LogP contribution is 2.18. The molecule has 2 heterocycles. The smallest absolute Gasteiger partial charge is 0.501 e. The lowest BCUT2D eigenvalue weighted by Gasteiger charge is -2.28. The maximum absolute atomic E-state index is 9.41. The number of nitrogens with zero attached hydrogens (tertiary/aromatic N) is 2. The number of nitrogens with one attached hydrogen (secondary N) is 2. The molecule has 2 aliphatic rings. The molecule has 2 rings (SSSR count).